The highest BCUT2D eigenvalue weighted by atomic mass is 16.5. The van der Waals surface area contributed by atoms with Crippen LogP contribution in [0.25, 0.3) is 0 Å². The number of ketones is 1. The van der Waals surface area contributed by atoms with E-state index in [1.807, 2.05) is 24.3 Å². The van der Waals surface area contributed by atoms with Gasteiger partial charge in [-0.15, -0.1) is 0 Å². The normalized spacial score (nSPS) is 20.9. The highest BCUT2D eigenvalue weighted by Crippen LogP contribution is 2.27. The number of Topliss-reactive ketones (excluding diaryl/α,β-unsaturated/α-hetero) is 1. The van der Waals surface area contributed by atoms with Crippen molar-refractivity contribution < 1.29 is 9.53 Å². The third kappa shape index (κ3) is 3.58. The fraction of sp³-hybridized carbons (Fsp3) is 0.562. The summed E-state index contributed by atoms with van der Waals surface area (Å²) >= 11 is 0. The van der Waals surface area contributed by atoms with Crippen LogP contribution in [-0.4, -0.2) is 42.5 Å². The Labute approximate surface area is 119 Å². The van der Waals surface area contributed by atoms with Crippen molar-refractivity contribution in [3.8, 4) is 5.75 Å². The maximum Gasteiger partial charge on any atom is 0.176 e. The third-order valence-corrected chi connectivity index (χ3v) is 3.98. The average molecular weight is 274 g/mol. The number of piperidine rings is 1. The molecule has 0 aromatic heterocycles. The van der Waals surface area contributed by atoms with E-state index < -0.39 is 0 Å². The molecule has 0 radical (unpaired) electrons. The van der Waals surface area contributed by atoms with Gasteiger partial charge in [0.05, 0.1) is 12.6 Å². The summed E-state index contributed by atoms with van der Waals surface area (Å²) in [6.45, 7) is 2.33. The molecule has 0 spiro atoms. The van der Waals surface area contributed by atoms with Crippen LogP contribution < -0.4 is 10.5 Å². The van der Waals surface area contributed by atoms with Crippen molar-refractivity contribution in [1.82, 2.24) is 4.90 Å². The van der Waals surface area contributed by atoms with E-state index in [1.54, 1.807) is 0 Å². The molecule has 1 heterocycles. The molecule has 4 nitrogen and oxygen atoms in total. The number of benzene rings is 1. The Morgan fingerprint density at radius 1 is 1.25 bits per heavy atom. The van der Waals surface area contributed by atoms with Crippen molar-refractivity contribution in [2.24, 2.45) is 5.73 Å². The van der Waals surface area contributed by atoms with Crippen LogP contribution in [0.3, 0.4) is 0 Å². The van der Waals surface area contributed by atoms with E-state index in [0.29, 0.717) is 18.7 Å². The second-order valence-electron chi connectivity index (χ2n) is 5.88. The lowest BCUT2D eigenvalue weighted by molar-refractivity contribution is 0.0909. The Balaban J connectivity index is 1.58. The summed E-state index contributed by atoms with van der Waals surface area (Å²) in [6, 6.07) is 7.87. The van der Waals surface area contributed by atoms with Crippen molar-refractivity contribution >= 4 is 5.78 Å². The maximum absolute atomic E-state index is 12.3. The van der Waals surface area contributed by atoms with Gasteiger partial charge in [0.25, 0.3) is 0 Å². The van der Waals surface area contributed by atoms with Crippen LogP contribution in [0.15, 0.2) is 24.3 Å². The number of carbonyl (C=O) groups is 1. The zero-order valence-corrected chi connectivity index (χ0v) is 11.8. The van der Waals surface area contributed by atoms with Gasteiger partial charge in [-0.25, -0.2) is 0 Å². The standard InChI is InChI=1S/C16H22N2O2/c17-13-6-8-18(9-7-13)11-16(19)12-2-1-3-15(10-12)20-14-4-5-14/h1-3,10,13-14H,4-9,11,17H2. The number of hydrogen-bond donors (Lipinski definition) is 1. The van der Waals surface area contributed by atoms with Crippen molar-refractivity contribution in [3.63, 3.8) is 0 Å². The number of nitrogens with zero attached hydrogens (tertiary/aromatic N) is 1. The first kappa shape index (κ1) is 13.6. The molecule has 4 heteroatoms. The summed E-state index contributed by atoms with van der Waals surface area (Å²) in [4.78, 5) is 14.5. The molecule has 20 heavy (non-hydrogen) atoms. The largest absolute Gasteiger partial charge is 0.490 e. The predicted molar refractivity (Wildman–Crippen MR) is 78.1 cm³/mol. The van der Waals surface area contributed by atoms with Gasteiger partial charge in [-0.2, -0.15) is 0 Å². The van der Waals surface area contributed by atoms with Gasteiger partial charge in [0, 0.05) is 24.7 Å². The van der Waals surface area contributed by atoms with Gasteiger partial charge < -0.3 is 10.5 Å². The lowest BCUT2D eigenvalue weighted by atomic mass is 10.0. The Bertz CT molecular complexity index is 477. The van der Waals surface area contributed by atoms with Crippen LogP contribution in [0, 0.1) is 0 Å². The molecule has 1 aliphatic heterocycles. The number of ether oxygens (including phenoxy) is 1. The second-order valence-corrected chi connectivity index (χ2v) is 5.88. The maximum atomic E-state index is 12.3. The molecule has 1 aromatic carbocycles. The van der Waals surface area contributed by atoms with Crippen LogP contribution in [0.4, 0.5) is 0 Å². The molecule has 2 aliphatic rings. The molecule has 0 atom stereocenters. The topological polar surface area (TPSA) is 55.6 Å². The minimum absolute atomic E-state index is 0.168. The zero-order chi connectivity index (χ0) is 13.9. The summed E-state index contributed by atoms with van der Waals surface area (Å²) in [5.74, 6) is 0.987. The van der Waals surface area contributed by atoms with Crippen molar-refractivity contribution in [1.29, 1.82) is 0 Å². The summed E-state index contributed by atoms with van der Waals surface area (Å²) in [5.41, 5.74) is 6.63. The Hall–Kier alpha value is -1.39. The predicted octanol–water partition coefficient (Wildman–Crippen LogP) is 1.83. The van der Waals surface area contributed by atoms with Crippen LogP contribution in [0.2, 0.25) is 0 Å². The molecule has 2 N–H and O–H groups in total. The zero-order valence-electron chi connectivity index (χ0n) is 11.8. The molecule has 0 bridgehead atoms. The summed E-state index contributed by atoms with van der Waals surface area (Å²) in [6.07, 6.45) is 4.60. The molecule has 0 amide bonds. The molecule has 2 fully saturated rings. The minimum Gasteiger partial charge on any atom is -0.490 e. The number of carbonyl (C=O) groups excluding carboxylic acids is 1. The monoisotopic (exact) mass is 274 g/mol. The van der Waals surface area contributed by atoms with Gasteiger partial charge in [-0.05, 0) is 37.8 Å². The molecule has 1 saturated carbocycles. The van der Waals surface area contributed by atoms with E-state index in [-0.39, 0.29) is 5.78 Å². The van der Waals surface area contributed by atoms with Crippen molar-refractivity contribution in [2.75, 3.05) is 19.6 Å². The first-order chi connectivity index (χ1) is 9.70. The van der Waals surface area contributed by atoms with Gasteiger partial charge in [0.15, 0.2) is 5.78 Å². The first-order valence-corrected chi connectivity index (χ1v) is 7.48. The fourth-order valence-electron chi connectivity index (χ4n) is 2.53. The van der Waals surface area contributed by atoms with Crippen LogP contribution >= 0.6 is 0 Å². The van der Waals surface area contributed by atoms with Gasteiger partial charge in [-0.1, -0.05) is 12.1 Å². The first-order valence-electron chi connectivity index (χ1n) is 7.48. The smallest absolute Gasteiger partial charge is 0.176 e. The van der Waals surface area contributed by atoms with E-state index in [9.17, 15) is 4.79 Å². The van der Waals surface area contributed by atoms with E-state index in [2.05, 4.69) is 4.90 Å². The van der Waals surface area contributed by atoms with Crippen LogP contribution in [0.5, 0.6) is 5.75 Å². The van der Waals surface area contributed by atoms with Crippen LogP contribution in [-0.2, 0) is 0 Å². The molecule has 1 aliphatic carbocycles. The number of rotatable bonds is 5. The van der Waals surface area contributed by atoms with Gasteiger partial charge in [0.1, 0.15) is 5.75 Å². The van der Waals surface area contributed by atoms with Crippen LogP contribution in [0.1, 0.15) is 36.0 Å². The Morgan fingerprint density at radius 3 is 2.70 bits per heavy atom. The summed E-state index contributed by atoms with van der Waals surface area (Å²) in [7, 11) is 0. The highest BCUT2D eigenvalue weighted by Gasteiger charge is 2.24. The molecule has 3 rings (SSSR count). The molecule has 108 valence electrons. The Morgan fingerprint density at radius 2 is 2.00 bits per heavy atom. The van der Waals surface area contributed by atoms with Gasteiger partial charge in [-0.3, -0.25) is 9.69 Å². The number of likely N-dealkylation sites (tertiary alicyclic amines) is 1. The van der Waals surface area contributed by atoms with Crippen molar-refractivity contribution in [3.05, 3.63) is 29.8 Å². The van der Waals surface area contributed by atoms with E-state index in [4.69, 9.17) is 10.5 Å². The minimum atomic E-state index is 0.168. The van der Waals surface area contributed by atoms with E-state index >= 15 is 0 Å². The second kappa shape index (κ2) is 5.94. The lowest BCUT2D eigenvalue weighted by Crippen LogP contribution is -2.41. The quantitative estimate of drug-likeness (QED) is 0.832. The van der Waals surface area contributed by atoms with Gasteiger partial charge in [0.2, 0.25) is 0 Å². The molecular formula is C16H22N2O2. The van der Waals surface area contributed by atoms with E-state index in [0.717, 1.165) is 50.1 Å². The third-order valence-electron chi connectivity index (χ3n) is 3.98. The summed E-state index contributed by atoms with van der Waals surface area (Å²) in [5, 5.41) is 0. The highest BCUT2D eigenvalue weighted by molar-refractivity contribution is 5.97. The van der Waals surface area contributed by atoms with Crippen molar-refractivity contribution in [2.45, 2.75) is 37.8 Å². The number of hydrogen-bond acceptors (Lipinski definition) is 4. The Kier molecular flexibility index (Phi) is 4.03. The molecule has 1 saturated heterocycles. The number of nitrogens with two attached hydrogens (primary N) is 1. The van der Waals surface area contributed by atoms with Gasteiger partial charge >= 0.3 is 0 Å². The average Bonchev–Trinajstić information content (AvgIpc) is 3.25. The molecule has 0 unspecified atom stereocenters. The SMILES string of the molecule is NC1CCN(CC(=O)c2cccc(OC3CC3)c2)CC1. The summed E-state index contributed by atoms with van der Waals surface area (Å²) < 4.78 is 5.74. The fourth-order valence-corrected chi connectivity index (χ4v) is 2.53. The molecular weight excluding hydrogens is 252 g/mol. The van der Waals surface area contributed by atoms with E-state index in [1.165, 1.54) is 0 Å². The molecule has 1 aromatic rings. The lowest BCUT2D eigenvalue weighted by Gasteiger charge is -2.29.